The number of hydrogen-bond donors (Lipinski definition) is 2. The molecule has 3 atom stereocenters. The highest BCUT2D eigenvalue weighted by Gasteiger charge is 2.58. The first-order chi connectivity index (χ1) is 24.4. The third-order valence-electron chi connectivity index (χ3n) is 8.02. The molecule has 2 saturated heterocycles. The summed E-state index contributed by atoms with van der Waals surface area (Å²) in [6, 6.07) is 22.1. The monoisotopic (exact) mass is 728 g/mol. The second-order valence-corrected chi connectivity index (χ2v) is 14.2. The summed E-state index contributed by atoms with van der Waals surface area (Å²) in [5.41, 5.74) is 1.57. The fraction of sp³-hybridized carbons (Fsp3) is 0.229. The summed E-state index contributed by atoms with van der Waals surface area (Å²) in [7, 11) is 1.29. The van der Waals surface area contributed by atoms with Gasteiger partial charge in [0, 0.05) is 35.8 Å². The van der Waals surface area contributed by atoms with E-state index in [1.165, 1.54) is 30.6 Å². The molecule has 15 heteroatoms. The zero-order valence-corrected chi connectivity index (χ0v) is 29.2. The standard InChI is InChI=1S/C35H32N6O6S3/c1-46-40-27(26-18-49-34(38-26)37-22-42)30(43)39-28-31(44)41-19-35(21-50-32(28)41,20-48-16-14-23-9-8-15-36-17-23)33(45)47-29(24-10-4-2-5-11-24)25-12-6-3-7-13-25/h2-18,22,28-29,32H,19-21H2,1H3,(H,39,43)(H,37,38,42)/t28?,32-,35?/m1/s1. The molecule has 0 aliphatic carbocycles. The number of thioether (sulfide) groups is 2. The van der Waals surface area contributed by atoms with Gasteiger partial charge in [0.15, 0.2) is 16.9 Å². The molecule has 0 spiro atoms. The van der Waals surface area contributed by atoms with E-state index in [-0.39, 0.29) is 29.0 Å². The van der Waals surface area contributed by atoms with Crippen LogP contribution in [0.15, 0.2) is 101 Å². The number of hydrogen-bond acceptors (Lipinski definition) is 12. The molecule has 256 valence electrons. The number of carbonyl (C=O) groups excluding carboxylic acids is 4. The normalized spacial score (nSPS) is 20.2. The lowest BCUT2D eigenvalue weighted by molar-refractivity contribution is -0.164. The summed E-state index contributed by atoms with van der Waals surface area (Å²) >= 11 is 3.99. The van der Waals surface area contributed by atoms with Gasteiger partial charge in [0.1, 0.15) is 29.6 Å². The zero-order valence-electron chi connectivity index (χ0n) is 26.7. The van der Waals surface area contributed by atoms with Gasteiger partial charge in [0.05, 0.1) is 0 Å². The number of nitrogens with zero attached hydrogens (tertiary/aromatic N) is 4. The van der Waals surface area contributed by atoms with Crippen LogP contribution < -0.4 is 10.6 Å². The maximum absolute atomic E-state index is 14.4. The highest BCUT2D eigenvalue weighted by molar-refractivity contribution is 8.02. The molecule has 3 amide bonds. The molecule has 0 bridgehead atoms. The third kappa shape index (κ3) is 7.74. The number of benzene rings is 2. The van der Waals surface area contributed by atoms with E-state index in [0.717, 1.165) is 28.0 Å². The number of aromatic nitrogens is 2. The number of thiazole rings is 1. The van der Waals surface area contributed by atoms with Crippen LogP contribution >= 0.6 is 34.9 Å². The van der Waals surface area contributed by atoms with Crippen LogP contribution in [0.4, 0.5) is 5.13 Å². The van der Waals surface area contributed by atoms with Crippen LogP contribution in [0.2, 0.25) is 0 Å². The summed E-state index contributed by atoms with van der Waals surface area (Å²) in [5.74, 6) is -0.700. The Morgan fingerprint density at radius 2 is 1.86 bits per heavy atom. The molecular weight excluding hydrogens is 697 g/mol. The highest BCUT2D eigenvalue weighted by atomic mass is 32.2. The van der Waals surface area contributed by atoms with E-state index in [4.69, 9.17) is 9.57 Å². The minimum Gasteiger partial charge on any atom is -0.452 e. The number of pyridine rings is 1. The van der Waals surface area contributed by atoms with Crippen molar-refractivity contribution in [1.29, 1.82) is 0 Å². The van der Waals surface area contributed by atoms with Crippen molar-refractivity contribution in [2.75, 3.05) is 30.5 Å². The van der Waals surface area contributed by atoms with Gasteiger partial charge in [-0.05, 0) is 34.2 Å². The molecule has 4 heterocycles. The fourth-order valence-electron chi connectivity index (χ4n) is 5.53. The number of ether oxygens (including phenoxy) is 1. The minimum atomic E-state index is -1.05. The van der Waals surface area contributed by atoms with Crippen molar-refractivity contribution in [2.45, 2.75) is 17.5 Å². The molecule has 2 N–H and O–H groups in total. The first kappa shape index (κ1) is 34.9. The van der Waals surface area contributed by atoms with Crippen LogP contribution in [0.1, 0.15) is 28.5 Å². The minimum absolute atomic E-state index is 0.116. The average molecular weight is 729 g/mol. The molecule has 2 fully saturated rings. The fourth-order valence-corrected chi connectivity index (χ4v) is 8.83. The van der Waals surface area contributed by atoms with Crippen LogP contribution in [-0.4, -0.2) is 81.3 Å². The molecule has 0 radical (unpaired) electrons. The number of rotatable bonds is 14. The lowest BCUT2D eigenvalue weighted by atomic mass is 9.88. The summed E-state index contributed by atoms with van der Waals surface area (Å²) in [6.45, 7) is 0.116. The van der Waals surface area contributed by atoms with Crippen LogP contribution in [-0.2, 0) is 28.8 Å². The van der Waals surface area contributed by atoms with Crippen LogP contribution in [0.5, 0.6) is 0 Å². The summed E-state index contributed by atoms with van der Waals surface area (Å²) in [6.07, 6.45) is 5.20. The first-order valence-electron chi connectivity index (χ1n) is 15.4. The molecule has 2 aliphatic heterocycles. The Hall–Kier alpha value is -4.99. The Kier molecular flexibility index (Phi) is 11.3. The Bertz CT molecular complexity index is 1840. The maximum atomic E-state index is 14.4. The lowest BCUT2D eigenvalue weighted by Crippen LogP contribution is -2.74. The van der Waals surface area contributed by atoms with E-state index in [1.807, 2.05) is 84.3 Å². The van der Waals surface area contributed by atoms with E-state index >= 15 is 0 Å². The van der Waals surface area contributed by atoms with Gasteiger partial charge in [-0.1, -0.05) is 71.9 Å². The zero-order chi connectivity index (χ0) is 34.9. The van der Waals surface area contributed by atoms with Gasteiger partial charge in [-0.3, -0.25) is 24.2 Å². The van der Waals surface area contributed by atoms with Gasteiger partial charge in [0.25, 0.3) is 5.91 Å². The van der Waals surface area contributed by atoms with Crippen molar-refractivity contribution in [3.05, 3.63) is 118 Å². The molecule has 4 aromatic rings. The van der Waals surface area contributed by atoms with Gasteiger partial charge in [0.2, 0.25) is 12.3 Å². The van der Waals surface area contributed by atoms with Gasteiger partial charge in [-0.15, -0.1) is 34.9 Å². The van der Waals surface area contributed by atoms with Crippen LogP contribution in [0, 0.1) is 5.41 Å². The van der Waals surface area contributed by atoms with E-state index in [1.54, 1.807) is 22.7 Å². The maximum Gasteiger partial charge on any atom is 0.316 e. The van der Waals surface area contributed by atoms with Crippen molar-refractivity contribution >= 4 is 76.0 Å². The SMILES string of the molecule is CON=C(C(=O)NC1C(=O)N2CC(CSC=Cc3cccnc3)(C(=O)OC(c3ccccc3)c3ccccc3)CS[C@H]12)c1csc(NC=O)n1. The molecule has 50 heavy (non-hydrogen) atoms. The second kappa shape index (κ2) is 16.1. The number of β-lactam (4-membered cyclic amide) rings is 1. The average Bonchev–Trinajstić information content (AvgIpc) is 3.62. The van der Waals surface area contributed by atoms with Crippen molar-refractivity contribution in [2.24, 2.45) is 10.6 Å². The molecule has 2 unspecified atom stereocenters. The molecule has 2 aliphatic rings. The smallest absolute Gasteiger partial charge is 0.316 e. The molecular formula is C35H32N6O6S3. The van der Waals surface area contributed by atoms with E-state index in [2.05, 4.69) is 25.8 Å². The van der Waals surface area contributed by atoms with Gasteiger partial charge < -0.3 is 25.1 Å². The molecule has 0 saturated carbocycles. The molecule has 6 rings (SSSR count). The van der Waals surface area contributed by atoms with Crippen LogP contribution in [0.25, 0.3) is 6.08 Å². The summed E-state index contributed by atoms with van der Waals surface area (Å²) < 4.78 is 6.37. The third-order valence-corrected chi connectivity index (χ3v) is 11.4. The Labute approximate surface area is 300 Å². The summed E-state index contributed by atoms with van der Waals surface area (Å²) in [5, 5.41) is 12.4. The van der Waals surface area contributed by atoms with E-state index in [9.17, 15) is 19.2 Å². The molecule has 2 aromatic carbocycles. The highest BCUT2D eigenvalue weighted by Crippen LogP contribution is 2.45. The number of nitrogens with one attached hydrogen (secondary N) is 2. The predicted molar refractivity (Wildman–Crippen MR) is 194 cm³/mol. The van der Waals surface area contributed by atoms with E-state index < -0.39 is 34.8 Å². The van der Waals surface area contributed by atoms with Crippen molar-refractivity contribution in [1.82, 2.24) is 20.2 Å². The Morgan fingerprint density at radius 3 is 2.52 bits per heavy atom. The van der Waals surface area contributed by atoms with Crippen molar-refractivity contribution in [3.63, 3.8) is 0 Å². The summed E-state index contributed by atoms with van der Waals surface area (Å²) in [4.78, 5) is 67.0. The van der Waals surface area contributed by atoms with E-state index in [0.29, 0.717) is 17.9 Å². The molecule has 2 aromatic heterocycles. The number of carbonyl (C=O) groups is 4. The topological polar surface area (TPSA) is 152 Å². The predicted octanol–water partition coefficient (Wildman–Crippen LogP) is 4.58. The van der Waals surface area contributed by atoms with Gasteiger partial charge >= 0.3 is 5.97 Å². The largest absolute Gasteiger partial charge is 0.452 e. The number of oxime groups is 1. The van der Waals surface area contributed by atoms with Gasteiger partial charge in [-0.2, -0.15) is 0 Å². The quantitative estimate of drug-likeness (QED) is 0.0621. The number of esters is 1. The second-order valence-electron chi connectivity index (χ2n) is 11.3. The van der Waals surface area contributed by atoms with Crippen molar-refractivity contribution < 1.29 is 28.8 Å². The first-order valence-corrected chi connectivity index (χ1v) is 18.4. The number of fused-ring (bicyclic) bond motifs is 1. The number of amides is 3. The van der Waals surface area contributed by atoms with Crippen molar-refractivity contribution in [3.8, 4) is 0 Å². The number of anilines is 1. The Morgan fingerprint density at radius 1 is 1.12 bits per heavy atom. The molecule has 12 nitrogen and oxygen atoms in total. The lowest BCUT2D eigenvalue weighted by Gasteiger charge is -2.54. The van der Waals surface area contributed by atoms with Crippen LogP contribution in [0.3, 0.4) is 0 Å². The Balaban J connectivity index is 1.21. The van der Waals surface area contributed by atoms with Gasteiger partial charge in [-0.25, -0.2) is 4.98 Å².